The summed E-state index contributed by atoms with van der Waals surface area (Å²) >= 11 is 0. The molecule has 0 saturated carbocycles. The molecule has 5 rings (SSSR count). The standard InChI is InChI=1S/C27H28N6O3/c1-31-10-12-33(13-11-31)21-5-3-20(4-6-21)29-15-24-23-14-18(2-7-22(23)26(35)30-27(24)36)19-8-9-32(16-19)17-25(28)34/h2-9,14-16,29H,10-13,17H2,1H3,(H2,28,34)(H,30,35,36). The van der Waals surface area contributed by atoms with E-state index < -0.39 is 17.7 Å². The van der Waals surface area contributed by atoms with Crippen LogP contribution in [0.15, 0.2) is 67.1 Å². The SMILES string of the molecule is CN1CCN(c2ccc(NC=C3C(=O)NC(=O)c4ccc(-c5ccn(CC(N)=O)c5)cc43)cc2)CC1. The summed E-state index contributed by atoms with van der Waals surface area (Å²) in [5.74, 6) is -1.32. The number of aromatic nitrogens is 1. The summed E-state index contributed by atoms with van der Waals surface area (Å²) in [6.45, 7) is 4.14. The number of benzene rings is 2. The van der Waals surface area contributed by atoms with E-state index in [9.17, 15) is 14.4 Å². The molecule has 3 amide bonds. The van der Waals surface area contributed by atoms with Crippen LogP contribution >= 0.6 is 0 Å². The summed E-state index contributed by atoms with van der Waals surface area (Å²) in [6, 6.07) is 15.3. The van der Waals surface area contributed by atoms with Gasteiger partial charge in [-0.15, -0.1) is 0 Å². The molecule has 36 heavy (non-hydrogen) atoms. The normalized spacial score (nSPS) is 17.1. The molecule has 4 N–H and O–H groups in total. The van der Waals surface area contributed by atoms with E-state index in [0.29, 0.717) is 16.7 Å². The Morgan fingerprint density at radius 3 is 2.44 bits per heavy atom. The number of rotatable bonds is 6. The molecule has 0 spiro atoms. The van der Waals surface area contributed by atoms with Gasteiger partial charge in [0.15, 0.2) is 0 Å². The second-order valence-electron chi connectivity index (χ2n) is 9.12. The van der Waals surface area contributed by atoms with Crippen LogP contribution < -0.4 is 21.3 Å². The molecule has 2 aliphatic rings. The second kappa shape index (κ2) is 9.71. The van der Waals surface area contributed by atoms with Gasteiger partial charge in [0.2, 0.25) is 5.91 Å². The van der Waals surface area contributed by atoms with Gasteiger partial charge in [0.1, 0.15) is 6.54 Å². The minimum atomic E-state index is -0.461. The molecule has 3 heterocycles. The highest BCUT2D eigenvalue weighted by Gasteiger charge is 2.27. The molecule has 1 saturated heterocycles. The van der Waals surface area contributed by atoms with E-state index in [0.717, 1.165) is 43.0 Å². The zero-order valence-corrected chi connectivity index (χ0v) is 20.0. The van der Waals surface area contributed by atoms with Gasteiger partial charge >= 0.3 is 0 Å². The summed E-state index contributed by atoms with van der Waals surface area (Å²) < 4.78 is 1.69. The van der Waals surface area contributed by atoms with Gasteiger partial charge in [-0.2, -0.15) is 0 Å². The minimum Gasteiger partial charge on any atom is -0.369 e. The smallest absolute Gasteiger partial charge is 0.260 e. The van der Waals surface area contributed by atoms with Gasteiger partial charge in [0.05, 0.1) is 5.57 Å². The molecular formula is C27H28N6O3. The van der Waals surface area contributed by atoms with Crippen LogP contribution in [0.4, 0.5) is 11.4 Å². The average molecular weight is 485 g/mol. The summed E-state index contributed by atoms with van der Waals surface area (Å²) in [6.07, 6.45) is 5.20. The molecule has 2 aromatic carbocycles. The van der Waals surface area contributed by atoms with E-state index in [2.05, 4.69) is 39.6 Å². The lowest BCUT2D eigenvalue weighted by Gasteiger charge is -2.34. The minimum absolute atomic E-state index is 0.0779. The highest BCUT2D eigenvalue weighted by molar-refractivity contribution is 6.31. The van der Waals surface area contributed by atoms with Crippen molar-refractivity contribution < 1.29 is 14.4 Å². The van der Waals surface area contributed by atoms with Gasteiger partial charge < -0.3 is 25.4 Å². The number of carbonyl (C=O) groups is 3. The summed E-state index contributed by atoms with van der Waals surface area (Å²) in [5, 5.41) is 5.62. The van der Waals surface area contributed by atoms with Crippen molar-refractivity contribution in [1.82, 2.24) is 14.8 Å². The predicted octanol–water partition coefficient (Wildman–Crippen LogP) is 2.12. The van der Waals surface area contributed by atoms with E-state index in [1.165, 1.54) is 5.69 Å². The van der Waals surface area contributed by atoms with Gasteiger partial charge in [-0.3, -0.25) is 19.7 Å². The van der Waals surface area contributed by atoms with Gasteiger partial charge in [-0.05, 0) is 60.6 Å². The number of piperazine rings is 1. The number of imide groups is 1. The third kappa shape index (κ3) is 4.87. The Labute approximate surface area is 209 Å². The van der Waals surface area contributed by atoms with Gasteiger partial charge in [-0.25, -0.2) is 0 Å². The molecule has 3 aromatic rings. The number of primary amides is 1. The summed E-state index contributed by atoms with van der Waals surface area (Å²) in [4.78, 5) is 41.1. The highest BCUT2D eigenvalue weighted by atomic mass is 16.2. The molecule has 0 radical (unpaired) electrons. The van der Waals surface area contributed by atoms with E-state index >= 15 is 0 Å². The first kappa shape index (κ1) is 23.4. The van der Waals surface area contributed by atoms with Crippen LogP contribution in [0.2, 0.25) is 0 Å². The Balaban J connectivity index is 1.38. The van der Waals surface area contributed by atoms with E-state index in [4.69, 9.17) is 5.73 Å². The first-order valence-corrected chi connectivity index (χ1v) is 11.8. The number of hydrogen-bond acceptors (Lipinski definition) is 6. The van der Waals surface area contributed by atoms with Crippen LogP contribution in [0.1, 0.15) is 15.9 Å². The van der Waals surface area contributed by atoms with E-state index in [-0.39, 0.29) is 6.54 Å². The van der Waals surface area contributed by atoms with Crippen LogP contribution in [0, 0.1) is 0 Å². The fourth-order valence-electron chi connectivity index (χ4n) is 4.53. The van der Waals surface area contributed by atoms with Crippen LogP contribution in [-0.2, 0) is 16.1 Å². The van der Waals surface area contributed by atoms with Crippen molar-refractivity contribution in [2.24, 2.45) is 5.73 Å². The molecule has 1 aromatic heterocycles. The molecule has 0 bridgehead atoms. The van der Waals surface area contributed by atoms with Crippen molar-refractivity contribution in [2.45, 2.75) is 6.54 Å². The molecule has 2 aliphatic heterocycles. The lowest BCUT2D eigenvalue weighted by atomic mass is 9.92. The zero-order valence-electron chi connectivity index (χ0n) is 20.0. The number of hydrogen-bond donors (Lipinski definition) is 3. The summed E-state index contributed by atoms with van der Waals surface area (Å²) in [7, 11) is 2.13. The number of fused-ring (bicyclic) bond motifs is 1. The monoisotopic (exact) mass is 484 g/mol. The van der Waals surface area contributed by atoms with Gasteiger partial charge in [0.25, 0.3) is 11.8 Å². The molecule has 184 valence electrons. The molecule has 0 aliphatic carbocycles. The molecule has 0 atom stereocenters. The molecule has 9 heteroatoms. The lowest BCUT2D eigenvalue weighted by Crippen LogP contribution is -2.44. The molecule has 0 unspecified atom stereocenters. The molecule has 9 nitrogen and oxygen atoms in total. The quantitative estimate of drug-likeness (QED) is 0.365. The fraction of sp³-hybridized carbons (Fsp3) is 0.222. The number of nitrogens with zero attached hydrogens (tertiary/aromatic N) is 3. The van der Waals surface area contributed by atoms with Crippen molar-refractivity contribution in [1.29, 1.82) is 0 Å². The van der Waals surface area contributed by atoms with E-state index in [1.807, 2.05) is 30.3 Å². The molecular weight excluding hydrogens is 456 g/mol. The van der Waals surface area contributed by atoms with Crippen LogP contribution in [0.3, 0.4) is 0 Å². The van der Waals surface area contributed by atoms with Crippen molar-refractivity contribution >= 4 is 34.7 Å². The number of anilines is 2. The Morgan fingerprint density at radius 1 is 0.972 bits per heavy atom. The maximum absolute atomic E-state index is 12.7. The lowest BCUT2D eigenvalue weighted by molar-refractivity contribution is -0.118. The average Bonchev–Trinajstić information content (AvgIpc) is 3.32. The number of nitrogens with one attached hydrogen (secondary N) is 2. The van der Waals surface area contributed by atoms with Crippen molar-refractivity contribution in [3.63, 3.8) is 0 Å². The molecule has 1 fully saturated rings. The van der Waals surface area contributed by atoms with E-state index in [1.54, 1.807) is 29.2 Å². The Kier molecular flexibility index (Phi) is 6.30. The number of nitrogens with two attached hydrogens (primary N) is 1. The van der Waals surface area contributed by atoms with Gasteiger partial charge in [-0.1, -0.05) is 6.07 Å². The fourth-order valence-corrected chi connectivity index (χ4v) is 4.53. The maximum Gasteiger partial charge on any atom is 0.260 e. The van der Waals surface area contributed by atoms with Crippen LogP contribution in [-0.4, -0.2) is 60.4 Å². The topological polar surface area (TPSA) is 113 Å². The third-order valence-corrected chi connectivity index (χ3v) is 6.57. The van der Waals surface area contributed by atoms with Crippen LogP contribution in [0.5, 0.6) is 0 Å². The highest BCUT2D eigenvalue weighted by Crippen LogP contribution is 2.30. The van der Waals surface area contributed by atoms with Crippen molar-refractivity contribution in [3.05, 3.63) is 78.3 Å². The number of likely N-dealkylation sites (N-methyl/N-ethyl adjacent to an activating group) is 1. The summed E-state index contributed by atoms with van der Waals surface area (Å²) in [5.41, 5.74) is 10.3. The number of carbonyl (C=O) groups excluding carboxylic acids is 3. The predicted molar refractivity (Wildman–Crippen MR) is 139 cm³/mol. The third-order valence-electron chi connectivity index (χ3n) is 6.57. The Hall–Kier alpha value is -4.37. The Morgan fingerprint density at radius 2 is 1.72 bits per heavy atom. The van der Waals surface area contributed by atoms with Crippen molar-refractivity contribution in [2.75, 3.05) is 43.4 Å². The first-order valence-electron chi connectivity index (χ1n) is 11.8. The number of amides is 3. The van der Waals surface area contributed by atoms with Gasteiger partial charge in [0, 0.05) is 67.3 Å². The largest absolute Gasteiger partial charge is 0.369 e. The first-order chi connectivity index (χ1) is 17.4. The van der Waals surface area contributed by atoms with Crippen molar-refractivity contribution in [3.8, 4) is 11.1 Å². The Bertz CT molecular complexity index is 1350. The van der Waals surface area contributed by atoms with Crippen LogP contribution in [0.25, 0.3) is 16.7 Å². The second-order valence-corrected chi connectivity index (χ2v) is 9.12. The maximum atomic E-state index is 12.7. The zero-order chi connectivity index (χ0) is 25.2.